The second-order valence-electron chi connectivity index (χ2n) is 3.46. The first-order valence-electron chi connectivity index (χ1n) is 4.98. The van der Waals surface area contributed by atoms with Crippen LogP contribution in [0, 0.1) is 0 Å². The van der Waals surface area contributed by atoms with E-state index >= 15 is 0 Å². The van der Waals surface area contributed by atoms with Crippen LogP contribution < -0.4 is 22.8 Å². The van der Waals surface area contributed by atoms with Gasteiger partial charge in [0, 0.05) is 12.3 Å². The zero-order valence-corrected chi connectivity index (χ0v) is 11.3. The van der Waals surface area contributed by atoms with Crippen LogP contribution in [0.25, 0.3) is 0 Å². The Balaban J connectivity index is 0.00000180. The van der Waals surface area contributed by atoms with E-state index < -0.39 is 6.09 Å². The number of nitrogens with one attached hydrogen (secondary N) is 2. The van der Waals surface area contributed by atoms with Crippen LogP contribution in [-0.2, 0) is 6.54 Å². The zero-order chi connectivity index (χ0) is 13.1. The molecule has 19 heavy (non-hydrogen) atoms. The van der Waals surface area contributed by atoms with Gasteiger partial charge in [-0.1, -0.05) is 10.2 Å². The van der Waals surface area contributed by atoms with Gasteiger partial charge in [0.2, 0.25) is 5.84 Å². The summed E-state index contributed by atoms with van der Waals surface area (Å²) in [6, 6.07) is 0. The summed E-state index contributed by atoms with van der Waals surface area (Å²) in [6.45, 7) is 1.83. The van der Waals surface area contributed by atoms with Crippen molar-refractivity contribution in [2.75, 3.05) is 0 Å². The Morgan fingerprint density at radius 1 is 1.53 bits per heavy atom. The number of carboxylic acid groups (broad SMARTS) is 1. The highest BCUT2D eigenvalue weighted by molar-refractivity contribution is 7.09. The molecule has 8 nitrogen and oxygen atoms in total. The van der Waals surface area contributed by atoms with Crippen molar-refractivity contribution in [2.24, 2.45) is 10.2 Å². The van der Waals surface area contributed by atoms with Crippen molar-refractivity contribution in [2.45, 2.75) is 13.5 Å². The number of hydrogen-bond donors (Lipinski definition) is 3. The topological polar surface area (TPSA) is 108 Å². The monoisotopic (exact) mass is 303 g/mol. The molecule has 2 rings (SSSR count). The second-order valence-corrected chi connectivity index (χ2v) is 4.40. The molecule has 0 spiro atoms. The van der Waals surface area contributed by atoms with Crippen molar-refractivity contribution in [3.05, 3.63) is 16.1 Å². The predicted octanol–water partition coefficient (Wildman–Crippen LogP) is -3.68. The summed E-state index contributed by atoms with van der Waals surface area (Å²) in [4.78, 5) is 25.6. The van der Waals surface area contributed by atoms with E-state index in [1.165, 1.54) is 24.5 Å². The first kappa shape index (κ1) is 15.2. The smallest absolute Gasteiger partial charge is 0.410 e. The maximum absolute atomic E-state index is 11.1. The van der Waals surface area contributed by atoms with Gasteiger partial charge >= 0.3 is 6.09 Å². The van der Waals surface area contributed by atoms with Crippen LogP contribution >= 0.6 is 11.3 Å². The summed E-state index contributed by atoms with van der Waals surface area (Å²) in [7, 11) is 0. The zero-order valence-electron chi connectivity index (χ0n) is 9.75. The van der Waals surface area contributed by atoms with Crippen LogP contribution in [0.2, 0.25) is 0 Å². The summed E-state index contributed by atoms with van der Waals surface area (Å²) in [5.74, 6) is 0.0926. The Labute approximate surface area is 118 Å². The normalized spacial score (nSPS) is 16.7. The first-order chi connectivity index (χ1) is 8.54. The lowest BCUT2D eigenvalue weighted by atomic mass is 10.4. The lowest BCUT2D eigenvalue weighted by molar-refractivity contribution is -0.925. The molecule has 0 aromatic carbocycles. The van der Waals surface area contributed by atoms with E-state index in [1.807, 2.05) is 0 Å². The molecule has 10 heteroatoms. The summed E-state index contributed by atoms with van der Waals surface area (Å²) in [5.41, 5.74) is 0.422. The molecule has 0 bridgehead atoms. The lowest BCUT2D eigenvalue weighted by Crippen LogP contribution is -3.00. The van der Waals surface area contributed by atoms with Crippen molar-refractivity contribution in [1.82, 2.24) is 10.3 Å². The van der Waals surface area contributed by atoms with Crippen molar-refractivity contribution < 1.29 is 32.2 Å². The highest BCUT2D eigenvalue weighted by Crippen LogP contribution is 2.09. The average molecular weight is 304 g/mol. The lowest BCUT2D eigenvalue weighted by Gasteiger charge is -1.98. The highest BCUT2D eigenvalue weighted by Gasteiger charge is 2.19. The molecule has 3 N–H and O–H groups in total. The van der Waals surface area contributed by atoms with Crippen molar-refractivity contribution in [3.8, 4) is 0 Å². The number of carbonyl (C=O) groups excluding carboxylic acids is 1. The van der Waals surface area contributed by atoms with Crippen molar-refractivity contribution in [1.29, 1.82) is 0 Å². The standard InChI is InChI=1S/C9H9N5O3S.ClH/c1-5(15)6-4-18-8(11-6)3-14-10-2-7(13-14)12-9(16)17;/h2,4H,3H2,1H3,(H,12,13)(H,16,17);1H. The van der Waals surface area contributed by atoms with E-state index in [9.17, 15) is 9.59 Å². The molecule has 1 unspecified atom stereocenters. The fourth-order valence-electron chi connectivity index (χ4n) is 1.28. The van der Waals surface area contributed by atoms with Gasteiger partial charge in [0.1, 0.15) is 11.9 Å². The average Bonchev–Trinajstić information content (AvgIpc) is 2.88. The minimum atomic E-state index is -1.19. The van der Waals surface area contributed by atoms with Crippen LogP contribution in [0.15, 0.2) is 15.6 Å². The minimum absolute atomic E-state index is 0. The van der Waals surface area contributed by atoms with Gasteiger partial charge in [0.15, 0.2) is 17.3 Å². The molecule has 1 aromatic rings. The van der Waals surface area contributed by atoms with Gasteiger partial charge in [-0.3, -0.25) is 10.1 Å². The first-order valence-corrected chi connectivity index (χ1v) is 5.86. The molecule has 1 aliphatic heterocycles. The Morgan fingerprint density at radius 3 is 2.84 bits per heavy atom. The Morgan fingerprint density at radius 2 is 2.26 bits per heavy atom. The third kappa shape index (κ3) is 4.09. The SMILES string of the molecule is CC(=O)c1csc(C[NH+]2N=CC(NC(=O)O)=N2)n1.[Cl-]. The number of ketones is 1. The molecular formula is C9H10ClN5O3S. The van der Waals surface area contributed by atoms with E-state index in [1.54, 1.807) is 5.38 Å². The number of nitrogens with zero attached hydrogens (tertiary/aromatic N) is 3. The Hall–Kier alpha value is -1.84. The molecule has 0 aliphatic carbocycles. The molecule has 0 fully saturated rings. The maximum Gasteiger partial charge on any atom is 0.410 e. The van der Waals surface area contributed by atoms with Gasteiger partial charge < -0.3 is 17.5 Å². The van der Waals surface area contributed by atoms with Gasteiger partial charge in [-0.25, -0.2) is 9.78 Å². The summed E-state index contributed by atoms with van der Waals surface area (Å²) in [6.07, 6.45) is 0.151. The second kappa shape index (κ2) is 6.36. The van der Waals surface area contributed by atoms with Crippen LogP contribution in [-0.4, -0.2) is 34.0 Å². The molecule has 2 heterocycles. The third-order valence-corrected chi connectivity index (χ3v) is 2.89. The largest absolute Gasteiger partial charge is 1.00 e. The Bertz CT molecular complexity index is 556. The predicted molar refractivity (Wildman–Crippen MR) is 63.9 cm³/mol. The van der Waals surface area contributed by atoms with Gasteiger partial charge in [-0.05, 0) is 5.10 Å². The highest BCUT2D eigenvalue weighted by atomic mass is 35.5. The fraction of sp³-hybridized carbons (Fsp3) is 0.222. The number of rotatable bonds is 3. The van der Waals surface area contributed by atoms with Crippen LogP contribution in [0.4, 0.5) is 4.79 Å². The molecule has 1 amide bonds. The summed E-state index contributed by atoms with van der Waals surface area (Å²) in [5, 5.41) is 21.4. The van der Waals surface area contributed by atoms with Gasteiger partial charge in [0.05, 0.1) is 0 Å². The molecule has 0 saturated carbocycles. The molecule has 102 valence electrons. The van der Waals surface area contributed by atoms with E-state index in [2.05, 4.69) is 20.5 Å². The number of halogens is 1. The molecule has 1 aromatic heterocycles. The van der Waals surface area contributed by atoms with E-state index in [0.29, 0.717) is 22.4 Å². The number of aromatic nitrogens is 1. The van der Waals surface area contributed by atoms with Crippen LogP contribution in [0.1, 0.15) is 22.4 Å². The fourth-order valence-corrected chi connectivity index (χ4v) is 2.11. The summed E-state index contributed by atoms with van der Waals surface area (Å²) >= 11 is 1.35. The van der Waals surface area contributed by atoms with E-state index in [4.69, 9.17) is 5.11 Å². The Kier molecular flexibility index (Phi) is 5.10. The number of amidine groups is 1. The van der Waals surface area contributed by atoms with Crippen LogP contribution in [0.3, 0.4) is 0 Å². The van der Waals surface area contributed by atoms with E-state index in [0.717, 1.165) is 0 Å². The number of thiazole rings is 1. The van der Waals surface area contributed by atoms with E-state index in [-0.39, 0.29) is 24.0 Å². The number of amides is 1. The minimum Gasteiger partial charge on any atom is -1.00 e. The maximum atomic E-state index is 11.1. The van der Waals surface area contributed by atoms with Gasteiger partial charge in [0.25, 0.3) is 0 Å². The molecule has 1 aliphatic rings. The molecule has 0 saturated heterocycles. The number of hydrogen-bond acceptors (Lipinski definition) is 6. The number of carbonyl (C=O) groups is 2. The number of quaternary nitrogens is 1. The van der Waals surface area contributed by atoms with Crippen molar-refractivity contribution >= 4 is 35.3 Å². The molecular weight excluding hydrogens is 294 g/mol. The summed E-state index contributed by atoms with van der Waals surface area (Å²) < 4.78 is 0. The van der Waals surface area contributed by atoms with Gasteiger partial charge in [-0.2, -0.15) is 0 Å². The third-order valence-electron chi connectivity index (χ3n) is 2.04. The van der Waals surface area contributed by atoms with Crippen LogP contribution in [0.5, 0.6) is 0 Å². The molecule has 0 radical (unpaired) electrons. The van der Waals surface area contributed by atoms with Crippen molar-refractivity contribution in [3.63, 3.8) is 0 Å². The van der Waals surface area contributed by atoms with Gasteiger partial charge in [-0.15, -0.1) is 11.3 Å². The quantitative estimate of drug-likeness (QED) is 0.500. The number of Topliss-reactive ketones (excluding diaryl/α,β-unsaturated/α-hetero) is 1. The molecule has 1 atom stereocenters.